The summed E-state index contributed by atoms with van der Waals surface area (Å²) in [5, 5.41) is 3.76. The van der Waals surface area contributed by atoms with Crippen molar-refractivity contribution in [2.75, 3.05) is 20.3 Å². The number of hydrogen-bond donors (Lipinski definition) is 1. The van der Waals surface area contributed by atoms with E-state index in [-0.39, 0.29) is 17.6 Å². The Labute approximate surface area is 176 Å². The molecule has 7 heteroatoms. The topological polar surface area (TPSA) is 73.1 Å². The Morgan fingerprint density at radius 2 is 2.07 bits per heavy atom. The minimum Gasteiger partial charge on any atom is -0.497 e. The highest BCUT2D eigenvalue weighted by molar-refractivity contribution is 9.10. The fourth-order valence-corrected chi connectivity index (χ4v) is 3.61. The number of carbonyl (C=O) groups excluding carboxylic acids is 1. The number of methoxy groups -OCH3 is 1. The average Bonchev–Trinajstić information content (AvgIpc) is 3.26. The summed E-state index contributed by atoms with van der Waals surface area (Å²) in [5.74, 6) is 0.497. The van der Waals surface area contributed by atoms with Gasteiger partial charge in [-0.15, -0.1) is 0 Å². The predicted molar refractivity (Wildman–Crippen MR) is 113 cm³/mol. The van der Waals surface area contributed by atoms with Gasteiger partial charge in [0.2, 0.25) is 5.55 Å². The molecule has 1 saturated heterocycles. The number of rotatable bonds is 5. The number of halogens is 1. The highest BCUT2D eigenvalue weighted by Gasteiger charge is 2.18. The van der Waals surface area contributed by atoms with Gasteiger partial charge in [-0.3, -0.25) is 4.79 Å². The Morgan fingerprint density at radius 3 is 2.79 bits per heavy atom. The van der Waals surface area contributed by atoms with E-state index in [1.165, 1.54) is 0 Å². The number of nitrogens with zero attached hydrogens (tertiary/aromatic N) is 1. The van der Waals surface area contributed by atoms with Gasteiger partial charge in [0.25, 0.3) is 5.91 Å². The molecule has 1 aliphatic rings. The van der Waals surface area contributed by atoms with Crippen molar-refractivity contribution in [3.8, 4) is 5.75 Å². The smallest absolute Gasteiger partial charge is 0.256 e. The van der Waals surface area contributed by atoms with Crippen molar-refractivity contribution < 1.29 is 18.7 Å². The Bertz CT molecular complexity index is 1090. The van der Waals surface area contributed by atoms with Gasteiger partial charge in [0, 0.05) is 23.0 Å². The van der Waals surface area contributed by atoms with E-state index in [0.29, 0.717) is 23.4 Å². The zero-order chi connectivity index (χ0) is 20.2. The summed E-state index contributed by atoms with van der Waals surface area (Å²) in [7, 11) is 1.61. The molecule has 1 atom stereocenters. The molecule has 0 radical (unpaired) electrons. The van der Waals surface area contributed by atoms with Crippen molar-refractivity contribution >= 4 is 38.5 Å². The summed E-state index contributed by atoms with van der Waals surface area (Å²) < 4.78 is 17.7. The molecular formula is C22H21BrN2O4. The average molecular weight is 457 g/mol. The fourth-order valence-electron chi connectivity index (χ4n) is 3.23. The molecule has 0 bridgehead atoms. The number of hydrogen-bond acceptors (Lipinski definition) is 5. The lowest BCUT2D eigenvalue weighted by molar-refractivity contribution is 0.0854. The van der Waals surface area contributed by atoms with Crippen LogP contribution < -0.4 is 15.6 Å². The van der Waals surface area contributed by atoms with Crippen molar-refractivity contribution in [1.29, 1.82) is 0 Å². The first-order valence-electron chi connectivity index (χ1n) is 9.44. The first kappa shape index (κ1) is 19.7. The van der Waals surface area contributed by atoms with Crippen LogP contribution in [0.1, 0.15) is 23.2 Å². The molecule has 2 aromatic carbocycles. The van der Waals surface area contributed by atoms with Crippen molar-refractivity contribution in [3.05, 3.63) is 64.1 Å². The second-order valence-electron chi connectivity index (χ2n) is 6.80. The molecule has 1 fully saturated rings. The first-order chi connectivity index (χ1) is 14.1. The molecule has 29 heavy (non-hydrogen) atoms. The Balaban J connectivity index is 1.73. The quantitative estimate of drug-likeness (QED) is 0.619. The number of fused-ring (bicyclic) bond motifs is 1. The highest BCUT2D eigenvalue weighted by atomic mass is 79.9. The van der Waals surface area contributed by atoms with Gasteiger partial charge in [-0.1, -0.05) is 15.9 Å². The summed E-state index contributed by atoms with van der Waals surface area (Å²) in [6.45, 7) is 1.22. The van der Waals surface area contributed by atoms with Crippen LogP contribution in [-0.2, 0) is 4.74 Å². The highest BCUT2D eigenvalue weighted by Crippen LogP contribution is 2.21. The lowest BCUT2D eigenvalue weighted by atomic mass is 10.1. The van der Waals surface area contributed by atoms with Gasteiger partial charge in [0.05, 0.1) is 18.9 Å². The number of nitrogens with one attached hydrogen (secondary N) is 1. The summed E-state index contributed by atoms with van der Waals surface area (Å²) in [6.07, 6.45) is 2.04. The maximum absolute atomic E-state index is 12.9. The van der Waals surface area contributed by atoms with E-state index in [0.717, 1.165) is 35.1 Å². The van der Waals surface area contributed by atoms with Gasteiger partial charge in [-0.2, -0.15) is 0 Å². The Morgan fingerprint density at radius 1 is 1.24 bits per heavy atom. The third-order valence-corrected chi connectivity index (χ3v) is 5.26. The molecule has 0 aliphatic carbocycles. The molecule has 1 aromatic heterocycles. The molecule has 1 aliphatic heterocycles. The van der Waals surface area contributed by atoms with Crippen LogP contribution in [0.5, 0.6) is 5.75 Å². The van der Waals surface area contributed by atoms with Gasteiger partial charge in [0.1, 0.15) is 16.9 Å². The standard InChI is InChI=1S/C22H21BrN2O4/c1-27-17-7-5-16(6-8-17)25-22-19(21(26)24-13-18-3-2-10-28-18)12-14-11-15(23)4-9-20(14)29-22/h4-9,11-12,18H,2-3,10,13H2,1H3,(H,24,26)/t18-/m1/s1. The van der Waals surface area contributed by atoms with E-state index < -0.39 is 0 Å². The van der Waals surface area contributed by atoms with Gasteiger partial charge in [0.15, 0.2) is 0 Å². The van der Waals surface area contributed by atoms with Gasteiger partial charge in [-0.05, 0) is 61.4 Å². The van der Waals surface area contributed by atoms with Crippen LogP contribution in [-0.4, -0.2) is 32.3 Å². The Kier molecular flexibility index (Phi) is 5.97. The zero-order valence-corrected chi connectivity index (χ0v) is 17.6. The van der Waals surface area contributed by atoms with Crippen LogP contribution >= 0.6 is 15.9 Å². The minimum atomic E-state index is -0.238. The van der Waals surface area contributed by atoms with Crippen LogP contribution in [0.3, 0.4) is 0 Å². The lowest BCUT2D eigenvalue weighted by Crippen LogP contribution is -2.34. The van der Waals surface area contributed by atoms with Crippen molar-refractivity contribution in [1.82, 2.24) is 5.32 Å². The summed E-state index contributed by atoms with van der Waals surface area (Å²) in [6, 6.07) is 14.7. The minimum absolute atomic E-state index is 0.0625. The van der Waals surface area contributed by atoms with Gasteiger partial charge >= 0.3 is 0 Å². The van der Waals surface area contributed by atoms with E-state index in [1.807, 2.05) is 42.5 Å². The summed E-state index contributed by atoms with van der Waals surface area (Å²) in [4.78, 5) is 17.5. The van der Waals surface area contributed by atoms with E-state index in [9.17, 15) is 4.79 Å². The van der Waals surface area contributed by atoms with Crippen molar-refractivity contribution in [2.45, 2.75) is 18.9 Å². The van der Waals surface area contributed by atoms with Crippen molar-refractivity contribution in [3.63, 3.8) is 0 Å². The van der Waals surface area contributed by atoms with Crippen molar-refractivity contribution in [2.24, 2.45) is 4.99 Å². The maximum Gasteiger partial charge on any atom is 0.256 e. The van der Waals surface area contributed by atoms with Crippen LogP contribution in [0.25, 0.3) is 11.0 Å². The molecular weight excluding hydrogens is 436 g/mol. The van der Waals surface area contributed by atoms with E-state index >= 15 is 0 Å². The largest absolute Gasteiger partial charge is 0.497 e. The summed E-state index contributed by atoms with van der Waals surface area (Å²) in [5.41, 5.74) is 1.95. The van der Waals surface area contributed by atoms with Gasteiger partial charge < -0.3 is 19.2 Å². The molecule has 150 valence electrons. The first-order valence-corrected chi connectivity index (χ1v) is 10.2. The number of benzene rings is 2. The number of amides is 1. The third kappa shape index (κ3) is 4.68. The molecule has 3 aromatic rings. The van der Waals surface area contributed by atoms with Crippen LogP contribution in [0.4, 0.5) is 5.69 Å². The normalized spacial score (nSPS) is 16.9. The van der Waals surface area contributed by atoms with Crippen LogP contribution in [0, 0.1) is 0 Å². The predicted octanol–water partition coefficient (Wildman–Crippen LogP) is 4.35. The molecule has 0 unspecified atom stereocenters. The molecule has 1 amide bonds. The van der Waals surface area contributed by atoms with Gasteiger partial charge in [-0.25, -0.2) is 4.99 Å². The third-order valence-electron chi connectivity index (χ3n) is 4.77. The van der Waals surface area contributed by atoms with E-state index in [1.54, 1.807) is 13.2 Å². The van der Waals surface area contributed by atoms with Crippen LogP contribution in [0.15, 0.2) is 62.4 Å². The summed E-state index contributed by atoms with van der Waals surface area (Å²) >= 11 is 3.46. The number of carbonyl (C=O) groups is 1. The lowest BCUT2D eigenvalue weighted by Gasteiger charge is -2.11. The van der Waals surface area contributed by atoms with Crippen LogP contribution in [0.2, 0.25) is 0 Å². The monoisotopic (exact) mass is 456 g/mol. The second kappa shape index (κ2) is 8.80. The molecule has 4 rings (SSSR count). The fraction of sp³-hybridized carbons (Fsp3) is 0.273. The second-order valence-corrected chi connectivity index (χ2v) is 7.72. The zero-order valence-electron chi connectivity index (χ0n) is 16.0. The molecule has 0 spiro atoms. The Hall–Kier alpha value is -2.64. The molecule has 6 nitrogen and oxygen atoms in total. The molecule has 1 N–H and O–H groups in total. The maximum atomic E-state index is 12.9. The van der Waals surface area contributed by atoms with E-state index in [4.69, 9.17) is 13.9 Å². The molecule has 0 saturated carbocycles. The number of ether oxygens (including phenoxy) is 2. The molecule has 2 heterocycles. The SMILES string of the molecule is COc1ccc(N=c2oc3ccc(Br)cc3cc2C(=O)NC[C@H]2CCCO2)cc1. The van der Waals surface area contributed by atoms with E-state index in [2.05, 4.69) is 26.2 Å².